The Labute approximate surface area is 230 Å². The Morgan fingerprint density at radius 2 is 2.00 bits per heavy atom. The van der Waals surface area contributed by atoms with Crippen LogP contribution in [0, 0.1) is 11.8 Å². The first-order chi connectivity index (χ1) is 18.3. The maximum Gasteiger partial charge on any atom is 0.330 e. The van der Waals surface area contributed by atoms with Crippen LogP contribution in [0.15, 0.2) is 60.3 Å². The molecule has 0 aliphatic carbocycles. The highest BCUT2D eigenvalue weighted by Gasteiger charge is 2.47. The second kappa shape index (κ2) is 14.2. The van der Waals surface area contributed by atoms with E-state index in [4.69, 9.17) is 23.5 Å². The molecule has 0 saturated carbocycles. The number of esters is 1. The minimum Gasteiger partial charge on any atom is -0.459 e. The summed E-state index contributed by atoms with van der Waals surface area (Å²) in [6.07, 6.45) is 19.5. The fraction of sp³-hybridized carbons (Fsp3) is 0.645. The van der Waals surface area contributed by atoms with Gasteiger partial charge in [-0.05, 0) is 51.4 Å². The lowest BCUT2D eigenvalue weighted by Crippen LogP contribution is -2.28. The van der Waals surface area contributed by atoms with E-state index in [9.17, 15) is 4.79 Å². The summed E-state index contributed by atoms with van der Waals surface area (Å²) in [6.45, 7) is 11.5. The second-order valence-electron chi connectivity index (χ2n) is 11.5. The highest BCUT2D eigenvalue weighted by Crippen LogP contribution is 2.37. The van der Waals surface area contributed by atoms with E-state index in [2.05, 4.69) is 67.2 Å². The number of carbonyl (C=O) groups is 1. The van der Waals surface area contributed by atoms with E-state index in [-0.39, 0.29) is 54.6 Å². The first-order valence-corrected chi connectivity index (χ1v) is 14.6. The van der Waals surface area contributed by atoms with E-state index in [0.717, 1.165) is 32.1 Å². The summed E-state index contributed by atoms with van der Waals surface area (Å²) < 4.78 is 30.0. The molecule has 4 aliphatic rings. The van der Waals surface area contributed by atoms with Gasteiger partial charge in [0.15, 0.2) is 0 Å². The van der Waals surface area contributed by atoms with E-state index in [0.29, 0.717) is 25.4 Å². The van der Waals surface area contributed by atoms with Crippen molar-refractivity contribution in [1.82, 2.24) is 0 Å². The van der Waals surface area contributed by atoms with Crippen molar-refractivity contribution in [2.45, 2.75) is 108 Å². The fourth-order valence-electron chi connectivity index (χ4n) is 5.73. The third kappa shape index (κ3) is 8.99. The minimum atomic E-state index is -0.335. The molecule has 2 unspecified atom stereocenters. The van der Waals surface area contributed by atoms with E-state index >= 15 is 0 Å². The fourth-order valence-corrected chi connectivity index (χ4v) is 5.98. The van der Waals surface area contributed by atoms with Gasteiger partial charge in [0.1, 0.15) is 12.2 Å². The molecule has 4 aliphatic heterocycles. The zero-order valence-corrected chi connectivity index (χ0v) is 24.3. The lowest BCUT2D eigenvalue weighted by atomic mass is 9.90. The van der Waals surface area contributed by atoms with Gasteiger partial charge in [-0.15, -0.1) is 0 Å². The summed E-state index contributed by atoms with van der Waals surface area (Å²) in [5.74, 6) is 0.141. The van der Waals surface area contributed by atoms with Gasteiger partial charge in [0.05, 0.1) is 37.1 Å². The summed E-state index contributed by atoms with van der Waals surface area (Å²) >= 11 is 0. The number of fused-ring (bicyclic) bond motifs is 3. The van der Waals surface area contributed by atoms with E-state index in [1.54, 1.807) is 0 Å². The maximum atomic E-state index is 12.8. The van der Waals surface area contributed by atoms with Crippen LogP contribution in [-0.2, 0) is 28.3 Å². The molecule has 4 rings (SSSR count). The Morgan fingerprint density at radius 3 is 2.79 bits per heavy atom. The summed E-state index contributed by atoms with van der Waals surface area (Å²) in [6, 6.07) is 0. The molecule has 0 radical (unpaired) electrons. The average molecular weight is 545 g/mol. The molecule has 210 valence electrons. The van der Waals surface area contributed by atoms with Crippen molar-refractivity contribution in [2.75, 3.05) is 6.61 Å². The third-order valence-corrected chi connectivity index (χ3v) is 8.26. The Hall–Kier alpha value is -1.56. The molecule has 7 heteroatoms. The smallest absolute Gasteiger partial charge is 0.330 e. The normalized spacial score (nSPS) is 38.9. The van der Waals surface area contributed by atoms with Crippen molar-refractivity contribution in [3.63, 3.8) is 0 Å². The molecular formula is C31H45O6P. The maximum absolute atomic E-state index is 12.8. The number of rotatable bonds is 4. The highest BCUT2D eigenvalue weighted by molar-refractivity contribution is 7.09. The quantitative estimate of drug-likeness (QED) is 0.182. The summed E-state index contributed by atoms with van der Waals surface area (Å²) in [7, 11) is 2.40. The molecule has 10 atom stereocenters. The van der Waals surface area contributed by atoms with Crippen LogP contribution >= 0.6 is 9.47 Å². The number of cyclic esters (lactones) is 1. The average Bonchev–Trinajstić information content (AvgIpc) is 3.64. The van der Waals surface area contributed by atoms with Crippen LogP contribution in [0.3, 0.4) is 0 Å². The highest BCUT2D eigenvalue weighted by atomic mass is 31.0. The van der Waals surface area contributed by atoms with Gasteiger partial charge in [-0.3, -0.25) is 0 Å². The Morgan fingerprint density at radius 1 is 1.16 bits per heavy atom. The molecule has 0 aromatic heterocycles. The molecule has 1 saturated heterocycles. The van der Waals surface area contributed by atoms with Crippen LogP contribution in [-0.4, -0.2) is 55.3 Å². The number of hydrogen-bond donors (Lipinski definition) is 0. The first kappa shape index (κ1) is 29.4. The van der Waals surface area contributed by atoms with Gasteiger partial charge < -0.3 is 23.5 Å². The van der Waals surface area contributed by atoms with Crippen LogP contribution in [0.2, 0.25) is 0 Å². The SMILES string of the molecule is C=C1CC(OP)[C@@H]2O[C@H]2C[C@@H]([C@@H](C)/C=C/[C@@H]2CC(C)=CCO2)OC(=O)/C=C\C[C@@H]2C=CC[C@@H](C[C@@H](C)C1)O2. The van der Waals surface area contributed by atoms with E-state index in [1.165, 1.54) is 17.2 Å². The first-order valence-electron chi connectivity index (χ1n) is 14.1. The predicted molar refractivity (Wildman–Crippen MR) is 152 cm³/mol. The van der Waals surface area contributed by atoms with Crippen LogP contribution in [0.5, 0.6) is 0 Å². The van der Waals surface area contributed by atoms with Crippen LogP contribution in [0.25, 0.3) is 0 Å². The van der Waals surface area contributed by atoms with Gasteiger partial charge >= 0.3 is 5.97 Å². The van der Waals surface area contributed by atoms with Crippen molar-refractivity contribution in [3.05, 3.63) is 60.3 Å². The molecule has 0 aromatic rings. The Balaban J connectivity index is 1.46. The zero-order valence-electron chi connectivity index (χ0n) is 23.1. The second-order valence-corrected chi connectivity index (χ2v) is 11.8. The largest absolute Gasteiger partial charge is 0.459 e. The molecule has 2 bridgehead atoms. The zero-order chi connectivity index (χ0) is 27.1. The topological polar surface area (TPSA) is 66.5 Å². The number of hydrogen-bond acceptors (Lipinski definition) is 6. The lowest BCUT2D eigenvalue weighted by Gasteiger charge is -2.28. The molecule has 0 N–H and O–H groups in total. The van der Waals surface area contributed by atoms with Gasteiger partial charge in [0.25, 0.3) is 0 Å². The molecule has 4 heterocycles. The summed E-state index contributed by atoms with van der Waals surface area (Å²) in [5, 5.41) is 0. The molecular weight excluding hydrogens is 499 g/mol. The minimum absolute atomic E-state index is 0.00848. The van der Waals surface area contributed by atoms with Crippen LogP contribution in [0.4, 0.5) is 0 Å². The molecule has 38 heavy (non-hydrogen) atoms. The van der Waals surface area contributed by atoms with Crippen molar-refractivity contribution in [1.29, 1.82) is 0 Å². The van der Waals surface area contributed by atoms with Crippen molar-refractivity contribution < 1.29 is 28.3 Å². The third-order valence-electron chi connectivity index (χ3n) is 7.91. The van der Waals surface area contributed by atoms with Crippen molar-refractivity contribution >= 4 is 15.4 Å². The monoisotopic (exact) mass is 544 g/mol. The van der Waals surface area contributed by atoms with Crippen LogP contribution < -0.4 is 0 Å². The number of ether oxygens (including phenoxy) is 4. The van der Waals surface area contributed by atoms with Crippen LogP contribution in [0.1, 0.15) is 65.7 Å². The molecule has 0 amide bonds. The van der Waals surface area contributed by atoms with E-state index in [1.807, 2.05) is 6.08 Å². The van der Waals surface area contributed by atoms with Crippen molar-refractivity contribution in [3.8, 4) is 0 Å². The van der Waals surface area contributed by atoms with Gasteiger partial charge in [0.2, 0.25) is 0 Å². The van der Waals surface area contributed by atoms with Gasteiger partial charge in [-0.1, -0.05) is 68.0 Å². The Kier molecular flexibility index (Phi) is 11.0. The van der Waals surface area contributed by atoms with Gasteiger partial charge in [0, 0.05) is 27.9 Å². The molecule has 6 nitrogen and oxygen atoms in total. The standard InChI is InChI=1S/C31H45O6P/c1-20-13-14-33-25(16-20)12-11-23(4)27-19-28-31(36-28)29(37-38)18-22(3)15-21(2)17-26-9-5-7-24(34-26)8-6-10-30(32)35-27/h5-7,10-13,21,23-29,31H,3,8-9,14-19,38H2,1-2,4H3/b10-6-,12-11+/t21-,23-,24-,25+,26-,27-,28-,29?,31+/m0/s1. The van der Waals surface area contributed by atoms with Gasteiger partial charge in [-0.25, -0.2) is 4.79 Å². The lowest BCUT2D eigenvalue weighted by molar-refractivity contribution is -0.145. The van der Waals surface area contributed by atoms with Gasteiger partial charge in [-0.2, -0.15) is 0 Å². The van der Waals surface area contributed by atoms with Crippen molar-refractivity contribution in [2.24, 2.45) is 11.8 Å². The number of carbonyl (C=O) groups excluding carboxylic acids is 1. The molecule has 0 aromatic carbocycles. The predicted octanol–water partition coefficient (Wildman–Crippen LogP) is 6.19. The summed E-state index contributed by atoms with van der Waals surface area (Å²) in [5.41, 5.74) is 2.50. The van der Waals surface area contributed by atoms with E-state index < -0.39 is 0 Å². The molecule has 1 fully saturated rings. The number of epoxide rings is 1. The molecule has 0 spiro atoms. The Bertz CT molecular complexity index is 939. The summed E-state index contributed by atoms with van der Waals surface area (Å²) in [4.78, 5) is 12.8.